The van der Waals surface area contributed by atoms with Crippen LogP contribution in [0.1, 0.15) is 31.0 Å². The molecule has 1 atom stereocenters. The maximum atomic E-state index is 5.78. The summed E-state index contributed by atoms with van der Waals surface area (Å²) < 4.78 is 3.79. The summed E-state index contributed by atoms with van der Waals surface area (Å²) in [5, 5.41) is 8.49. The molecule has 0 radical (unpaired) electrons. The molecule has 2 heterocycles. The normalized spacial score (nSPS) is 12.9. The fraction of sp³-hybridized carbons (Fsp3) is 0.455. The van der Waals surface area contributed by atoms with Gasteiger partial charge in [0.25, 0.3) is 0 Å². The summed E-state index contributed by atoms with van der Waals surface area (Å²) in [7, 11) is 0. The predicted octanol–water partition coefficient (Wildman–Crippen LogP) is 1.17. The monoisotopic (exact) mass is 219 g/mol. The molecular formula is C11H17N5. The van der Waals surface area contributed by atoms with Crippen molar-refractivity contribution in [2.75, 3.05) is 0 Å². The lowest BCUT2D eigenvalue weighted by Gasteiger charge is -1.99. The standard InChI is InChI=1S/C11H17N5/c1-3-15-6-10(4-13-15)7-16-8-11(5-14-16)9(2)12/h4-6,8-9H,3,7,12H2,1-2H3. The molecule has 0 amide bonds. The Labute approximate surface area is 94.9 Å². The van der Waals surface area contributed by atoms with Gasteiger partial charge in [-0.2, -0.15) is 10.2 Å². The maximum Gasteiger partial charge on any atom is 0.0690 e. The predicted molar refractivity (Wildman–Crippen MR) is 61.8 cm³/mol. The van der Waals surface area contributed by atoms with Crippen LogP contribution in [0.15, 0.2) is 24.8 Å². The third-order valence-electron chi connectivity index (χ3n) is 2.53. The van der Waals surface area contributed by atoms with Crippen LogP contribution in [0.3, 0.4) is 0 Å². The van der Waals surface area contributed by atoms with E-state index < -0.39 is 0 Å². The molecule has 0 aliphatic carbocycles. The van der Waals surface area contributed by atoms with Gasteiger partial charge in [-0.05, 0) is 13.8 Å². The molecule has 0 aliphatic heterocycles. The molecule has 1 unspecified atom stereocenters. The van der Waals surface area contributed by atoms with Crippen molar-refractivity contribution in [2.24, 2.45) is 5.73 Å². The number of hydrogen-bond acceptors (Lipinski definition) is 3. The molecule has 0 fully saturated rings. The van der Waals surface area contributed by atoms with Crippen molar-refractivity contribution in [1.82, 2.24) is 19.6 Å². The second kappa shape index (κ2) is 4.49. The summed E-state index contributed by atoms with van der Waals surface area (Å²) in [5.41, 5.74) is 7.99. The zero-order valence-electron chi connectivity index (χ0n) is 9.67. The number of nitrogens with two attached hydrogens (primary N) is 1. The van der Waals surface area contributed by atoms with Crippen LogP contribution in [0, 0.1) is 0 Å². The average Bonchev–Trinajstić information content (AvgIpc) is 2.87. The first-order valence-electron chi connectivity index (χ1n) is 5.48. The molecular weight excluding hydrogens is 202 g/mol. The van der Waals surface area contributed by atoms with Gasteiger partial charge in [-0.25, -0.2) is 0 Å². The van der Waals surface area contributed by atoms with Crippen molar-refractivity contribution in [2.45, 2.75) is 33.0 Å². The van der Waals surface area contributed by atoms with E-state index in [0.29, 0.717) is 0 Å². The molecule has 2 rings (SSSR count). The smallest absolute Gasteiger partial charge is 0.0690 e. The topological polar surface area (TPSA) is 61.7 Å². The van der Waals surface area contributed by atoms with Crippen LogP contribution in [-0.4, -0.2) is 19.6 Å². The maximum absolute atomic E-state index is 5.78. The van der Waals surface area contributed by atoms with Gasteiger partial charge < -0.3 is 5.73 Å². The van der Waals surface area contributed by atoms with Gasteiger partial charge in [-0.3, -0.25) is 9.36 Å². The minimum atomic E-state index is 0.0344. The Morgan fingerprint density at radius 1 is 1.25 bits per heavy atom. The summed E-state index contributed by atoms with van der Waals surface area (Å²) in [6.07, 6.45) is 7.70. The Balaban J connectivity index is 2.08. The molecule has 0 bridgehead atoms. The minimum absolute atomic E-state index is 0.0344. The first-order chi connectivity index (χ1) is 7.69. The fourth-order valence-electron chi connectivity index (χ4n) is 1.55. The van der Waals surface area contributed by atoms with E-state index in [1.165, 1.54) is 0 Å². The van der Waals surface area contributed by atoms with Crippen molar-refractivity contribution in [3.63, 3.8) is 0 Å². The third-order valence-corrected chi connectivity index (χ3v) is 2.53. The van der Waals surface area contributed by atoms with Gasteiger partial charge in [0.1, 0.15) is 0 Å². The molecule has 16 heavy (non-hydrogen) atoms. The van der Waals surface area contributed by atoms with Gasteiger partial charge >= 0.3 is 0 Å². The molecule has 5 nitrogen and oxygen atoms in total. The lowest BCUT2D eigenvalue weighted by molar-refractivity contribution is 0.654. The molecule has 2 aromatic heterocycles. The highest BCUT2D eigenvalue weighted by Crippen LogP contribution is 2.08. The largest absolute Gasteiger partial charge is 0.324 e. The zero-order valence-corrected chi connectivity index (χ0v) is 9.67. The Morgan fingerprint density at radius 2 is 2.00 bits per heavy atom. The van der Waals surface area contributed by atoms with Gasteiger partial charge in [0, 0.05) is 36.1 Å². The highest BCUT2D eigenvalue weighted by atomic mass is 15.3. The van der Waals surface area contributed by atoms with E-state index in [4.69, 9.17) is 5.73 Å². The summed E-state index contributed by atoms with van der Waals surface area (Å²) in [4.78, 5) is 0. The van der Waals surface area contributed by atoms with E-state index in [9.17, 15) is 0 Å². The number of aryl methyl sites for hydroxylation is 1. The van der Waals surface area contributed by atoms with Crippen LogP contribution in [-0.2, 0) is 13.1 Å². The third kappa shape index (κ3) is 2.30. The lowest BCUT2D eigenvalue weighted by atomic mass is 10.2. The first-order valence-corrected chi connectivity index (χ1v) is 5.48. The second-order valence-corrected chi connectivity index (χ2v) is 3.96. The highest BCUT2D eigenvalue weighted by Gasteiger charge is 2.04. The van der Waals surface area contributed by atoms with E-state index in [1.54, 1.807) is 0 Å². The molecule has 86 valence electrons. The van der Waals surface area contributed by atoms with Gasteiger partial charge in [0.15, 0.2) is 0 Å². The van der Waals surface area contributed by atoms with Crippen LogP contribution >= 0.6 is 0 Å². The summed E-state index contributed by atoms with van der Waals surface area (Å²) >= 11 is 0. The van der Waals surface area contributed by atoms with E-state index in [0.717, 1.165) is 24.2 Å². The molecule has 0 spiro atoms. The molecule has 0 aromatic carbocycles. The van der Waals surface area contributed by atoms with E-state index in [2.05, 4.69) is 17.1 Å². The molecule has 2 N–H and O–H groups in total. The number of aromatic nitrogens is 4. The van der Waals surface area contributed by atoms with Crippen LogP contribution in [0.5, 0.6) is 0 Å². The average molecular weight is 219 g/mol. The highest BCUT2D eigenvalue weighted by molar-refractivity contribution is 5.11. The summed E-state index contributed by atoms with van der Waals surface area (Å²) in [5.74, 6) is 0. The Bertz CT molecular complexity index is 454. The Morgan fingerprint density at radius 3 is 2.56 bits per heavy atom. The summed E-state index contributed by atoms with van der Waals surface area (Å²) in [6, 6.07) is 0.0344. The van der Waals surface area contributed by atoms with E-state index in [1.807, 2.05) is 41.1 Å². The number of rotatable bonds is 4. The van der Waals surface area contributed by atoms with Crippen LogP contribution in [0.2, 0.25) is 0 Å². The van der Waals surface area contributed by atoms with Crippen molar-refractivity contribution in [1.29, 1.82) is 0 Å². The Kier molecular flexibility index (Phi) is 3.05. The second-order valence-electron chi connectivity index (χ2n) is 3.96. The van der Waals surface area contributed by atoms with Gasteiger partial charge in [-0.15, -0.1) is 0 Å². The molecule has 0 saturated heterocycles. The van der Waals surface area contributed by atoms with Crippen molar-refractivity contribution in [3.05, 3.63) is 35.9 Å². The zero-order chi connectivity index (χ0) is 11.5. The lowest BCUT2D eigenvalue weighted by Crippen LogP contribution is -2.04. The fourth-order valence-corrected chi connectivity index (χ4v) is 1.55. The number of hydrogen-bond donors (Lipinski definition) is 1. The molecule has 0 aliphatic rings. The van der Waals surface area contributed by atoms with E-state index in [-0.39, 0.29) is 6.04 Å². The quantitative estimate of drug-likeness (QED) is 0.839. The molecule has 5 heteroatoms. The van der Waals surface area contributed by atoms with Crippen LogP contribution in [0.4, 0.5) is 0 Å². The van der Waals surface area contributed by atoms with Crippen molar-refractivity contribution in [3.8, 4) is 0 Å². The summed E-state index contributed by atoms with van der Waals surface area (Å²) in [6.45, 7) is 5.66. The van der Waals surface area contributed by atoms with Gasteiger partial charge in [-0.1, -0.05) is 0 Å². The van der Waals surface area contributed by atoms with Crippen LogP contribution < -0.4 is 5.73 Å². The Hall–Kier alpha value is -1.62. The first kappa shape index (κ1) is 10.9. The minimum Gasteiger partial charge on any atom is -0.324 e. The number of nitrogens with zero attached hydrogens (tertiary/aromatic N) is 4. The molecule has 2 aromatic rings. The van der Waals surface area contributed by atoms with E-state index >= 15 is 0 Å². The van der Waals surface area contributed by atoms with Crippen molar-refractivity contribution < 1.29 is 0 Å². The van der Waals surface area contributed by atoms with Gasteiger partial charge in [0.05, 0.1) is 18.9 Å². The molecule has 0 saturated carbocycles. The van der Waals surface area contributed by atoms with Crippen molar-refractivity contribution >= 4 is 0 Å². The SMILES string of the molecule is CCn1cc(Cn2cc(C(C)N)cn2)cn1. The van der Waals surface area contributed by atoms with Gasteiger partial charge in [0.2, 0.25) is 0 Å². The van der Waals surface area contributed by atoms with Crippen LogP contribution in [0.25, 0.3) is 0 Å².